The fourth-order valence-electron chi connectivity index (χ4n) is 3.65. The van der Waals surface area contributed by atoms with Crippen LogP contribution in [0.3, 0.4) is 0 Å². The van der Waals surface area contributed by atoms with E-state index < -0.39 is 32.5 Å². The maximum atomic E-state index is 11.4. The number of unbranched alkanes of at least 4 members (excludes halogenated alkanes) is 18. The number of hydrogen-bond donors (Lipinski definition) is 5. The summed E-state index contributed by atoms with van der Waals surface area (Å²) in [5.41, 5.74) is 0. The average Bonchev–Trinajstić information content (AvgIpc) is 2.78. The van der Waals surface area contributed by atoms with Crippen LogP contribution in [0.25, 0.3) is 0 Å². The second-order valence-electron chi connectivity index (χ2n) is 9.12. The monoisotopic (exact) mass is 610 g/mol. The zero-order chi connectivity index (χ0) is 26.8. The van der Waals surface area contributed by atoms with Crippen molar-refractivity contribution in [3.8, 4) is 0 Å². The molecule has 5 N–H and O–H groups in total. The summed E-state index contributed by atoms with van der Waals surface area (Å²) < 4.78 is 13.3. The van der Waals surface area contributed by atoms with Gasteiger partial charge in [-0.3, -0.25) is 4.79 Å². The Morgan fingerprint density at radius 1 is 0.649 bits per heavy atom. The van der Waals surface area contributed by atoms with E-state index in [4.69, 9.17) is 29.5 Å². The molecule has 0 aromatic carbocycles. The zero-order valence-corrected chi connectivity index (χ0v) is 22.6. The van der Waals surface area contributed by atoms with Crippen molar-refractivity contribution in [3.63, 3.8) is 0 Å². The van der Waals surface area contributed by atoms with Gasteiger partial charge in [-0.2, -0.15) is 0 Å². The van der Waals surface area contributed by atoms with Crippen molar-refractivity contribution in [2.75, 3.05) is 6.61 Å². The number of carbonyl (C=O) groups is 2. The molecular weight excluding hydrogens is 555 g/mol. The summed E-state index contributed by atoms with van der Waals surface area (Å²) in [7, 11) is -4.64. The first-order valence-electron chi connectivity index (χ1n) is 13.4. The van der Waals surface area contributed by atoms with Gasteiger partial charge in [0, 0.05) is 6.42 Å². The molecule has 0 fully saturated rings. The van der Waals surface area contributed by atoms with Gasteiger partial charge >= 0.3 is 95.2 Å². The van der Waals surface area contributed by atoms with Crippen LogP contribution < -0.4 is 0 Å². The molecule has 0 spiro atoms. The fourth-order valence-corrected chi connectivity index (χ4v) is 3.65. The summed E-state index contributed by atoms with van der Waals surface area (Å²) >= 11 is 0. The van der Waals surface area contributed by atoms with Crippen molar-refractivity contribution >= 4 is 95.2 Å². The number of aliphatic hydroxyl groups excluding tert-OH is 2. The van der Waals surface area contributed by atoms with Gasteiger partial charge in [0.2, 0.25) is 0 Å². The van der Waals surface area contributed by atoms with Crippen LogP contribution in [0.4, 0.5) is 0 Å². The van der Waals surface area contributed by atoms with E-state index in [2.05, 4.69) is 11.7 Å². The van der Waals surface area contributed by atoms with Crippen LogP contribution >= 0.6 is 7.82 Å². The molecule has 0 aromatic heterocycles. The molecule has 37 heavy (non-hydrogen) atoms. The number of carbonyl (C=O) groups excluding carboxylic acids is 2. The summed E-state index contributed by atoms with van der Waals surface area (Å²) in [6.45, 7) is 1.54. The predicted octanol–water partition coefficient (Wildman–Crippen LogP) is 3.47. The van der Waals surface area contributed by atoms with Crippen LogP contribution in [0.1, 0.15) is 135 Å². The van der Waals surface area contributed by atoms with Gasteiger partial charge in [-0.25, -0.2) is 9.36 Å². The quantitative estimate of drug-likeness (QED) is 0.0406. The molecule has 1 unspecified atom stereocenters. The van der Waals surface area contributed by atoms with Crippen molar-refractivity contribution in [2.45, 2.75) is 141 Å². The van der Waals surface area contributed by atoms with Crippen LogP contribution in [0, 0.1) is 0 Å². The maximum absolute atomic E-state index is 11.4. The van der Waals surface area contributed by atoms with Crippen LogP contribution in [-0.2, 0) is 18.9 Å². The molecule has 218 valence electrons. The molecule has 12 heteroatoms. The second kappa shape index (κ2) is 33.9. The average molecular weight is 611 g/mol. The first-order chi connectivity index (χ1) is 16.6. The first kappa shape index (κ1) is 45.7. The van der Waals surface area contributed by atoms with E-state index in [0.29, 0.717) is 6.42 Å². The van der Waals surface area contributed by atoms with E-state index in [1.165, 1.54) is 103 Å². The van der Waals surface area contributed by atoms with E-state index in [9.17, 15) is 9.59 Å². The van der Waals surface area contributed by atoms with Gasteiger partial charge in [0.15, 0.2) is 6.10 Å². The molecule has 0 amide bonds. The molecule has 0 saturated heterocycles. The minimum atomic E-state index is -4.64. The van der Waals surface area contributed by atoms with E-state index >= 15 is 0 Å². The van der Waals surface area contributed by atoms with Crippen LogP contribution in [0.15, 0.2) is 0 Å². The summed E-state index contributed by atoms with van der Waals surface area (Å²) in [6, 6.07) is 0. The Morgan fingerprint density at radius 2 is 0.919 bits per heavy atom. The summed E-state index contributed by atoms with van der Waals surface area (Å²) in [5, 5.41) is 17.6. The van der Waals surface area contributed by atoms with Crippen LogP contribution in [0.5, 0.6) is 0 Å². The Bertz CT molecular complexity index is 540. The number of ether oxygens (including phenoxy) is 1. The molecule has 0 aliphatic carbocycles. The van der Waals surface area contributed by atoms with E-state index in [-0.39, 0.29) is 81.9 Å². The fraction of sp³-hybridized carbons (Fsp3) is 0.920. The summed E-state index contributed by atoms with van der Waals surface area (Å²) in [5.74, 6) is -1.69. The standard InChI is InChI=1S/C25H48O5.2Ca.H3O4P.4H/c1-2-3-4-5-6-7-8-9-10-11-12-13-14-15-16-17-18-19-20-21-24(28)30-25(29)23(27)22-26;;;1-5(2,3)4;;;;/h23,26-27H,2-22H2,1H3;;;(H3,1,2,3,4);;;;. The normalized spacial score (nSPS) is 11.4. The molecule has 0 radical (unpaired) electrons. The summed E-state index contributed by atoms with van der Waals surface area (Å²) in [6.07, 6.45) is 23.2. The van der Waals surface area contributed by atoms with Crippen LogP contribution in [0.2, 0.25) is 0 Å². The van der Waals surface area contributed by atoms with Crippen molar-refractivity contribution in [3.05, 3.63) is 0 Å². The van der Waals surface area contributed by atoms with Gasteiger partial charge < -0.3 is 29.6 Å². The predicted molar refractivity (Wildman–Crippen MR) is 154 cm³/mol. The Morgan fingerprint density at radius 3 is 1.19 bits per heavy atom. The number of hydrogen-bond acceptors (Lipinski definition) is 6. The summed E-state index contributed by atoms with van der Waals surface area (Å²) in [4.78, 5) is 44.1. The van der Waals surface area contributed by atoms with Gasteiger partial charge in [-0.15, -0.1) is 0 Å². The topological polar surface area (TPSA) is 162 Å². The number of esters is 2. The minimum absolute atomic E-state index is 0. The Kier molecular flexibility index (Phi) is 41.8. The Balaban J connectivity index is -0.000000704. The molecule has 0 saturated carbocycles. The van der Waals surface area contributed by atoms with Gasteiger partial charge in [0.1, 0.15) is 0 Å². The Hall–Kier alpha value is 1.69. The molecule has 0 bridgehead atoms. The van der Waals surface area contributed by atoms with Crippen molar-refractivity contribution in [1.29, 1.82) is 0 Å². The molecule has 1 atom stereocenters. The third kappa shape index (κ3) is 44.9. The SMILES string of the molecule is CCCCCCCCCCCCCCCCCCCCCC(=O)OC(=O)C(O)CO.O=P(O)(O)O.[CaH2].[CaH2]. The van der Waals surface area contributed by atoms with E-state index in [1.807, 2.05) is 0 Å². The van der Waals surface area contributed by atoms with Crippen molar-refractivity contribution in [1.82, 2.24) is 0 Å². The molecule has 0 rings (SSSR count). The molecule has 0 aromatic rings. The molecule has 0 aliphatic rings. The van der Waals surface area contributed by atoms with Gasteiger partial charge in [-0.1, -0.05) is 122 Å². The third-order valence-corrected chi connectivity index (χ3v) is 5.64. The Labute approximate surface area is 284 Å². The van der Waals surface area contributed by atoms with Crippen LogP contribution in [-0.4, -0.2) is 125 Å². The van der Waals surface area contributed by atoms with Crippen molar-refractivity contribution < 1.29 is 43.8 Å². The zero-order valence-electron chi connectivity index (χ0n) is 21.7. The molecule has 0 heterocycles. The second-order valence-corrected chi connectivity index (χ2v) is 10.1. The number of rotatable bonds is 22. The van der Waals surface area contributed by atoms with E-state index in [0.717, 1.165) is 12.8 Å². The number of phosphoric acid groups is 1. The first-order valence-corrected chi connectivity index (χ1v) is 15.0. The van der Waals surface area contributed by atoms with Gasteiger partial charge in [-0.05, 0) is 6.42 Å². The van der Waals surface area contributed by atoms with E-state index in [1.54, 1.807) is 0 Å². The third-order valence-electron chi connectivity index (χ3n) is 5.64. The number of aliphatic hydroxyl groups is 2. The van der Waals surface area contributed by atoms with Gasteiger partial charge in [0.25, 0.3) is 0 Å². The van der Waals surface area contributed by atoms with Crippen molar-refractivity contribution in [2.24, 2.45) is 0 Å². The molecular formula is C25H55Ca2O9P. The molecule has 0 aliphatic heterocycles. The molecule has 9 nitrogen and oxygen atoms in total. The van der Waals surface area contributed by atoms with Gasteiger partial charge in [0.05, 0.1) is 6.61 Å².